The van der Waals surface area contributed by atoms with Crippen LogP contribution in [0, 0.1) is 0 Å². The van der Waals surface area contributed by atoms with E-state index in [4.69, 9.17) is 0 Å². The molecular weight excluding hydrogens is 281 g/mol. The fourth-order valence-corrected chi connectivity index (χ4v) is 101. The largest absolute Gasteiger partial charge is 0.0769 e. The van der Waals surface area contributed by atoms with Crippen LogP contribution in [0.3, 0.4) is 0 Å². The first kappa shape index (κ1) is 13.6. The minimum absolute atomic E-state index is 0.0683. The first-order valence-electron chi connectivity index (χ1n) is 6.48. The number of hydrogen-bond acceptors (Lipinski definition) is 0. The lowest BCUT2D eigenvalue weighted by Gasteiger charge is -2.29. The van der Waals surface area contributed by atoms with E-state index in [0.29, 0.717) is 27.1 Å². The van der Waals surface area contributed by atoms with E-state index < -0.39 is 0 Å². The van der Waals surface area contributed by atoms with Crippen molar-refractivity contribution in [2.45, 2.75) is 43.1 Å². The molecule has 0 nitrogen and oxygen atoms in total. The molecule has 14 heavy (non-hydrogen) atoms. The van der Waals surface area contributed by atoms with E-state index in [-0.39, 0.29) is 23.3 Å². The van der Waals surface area contributed by atoms with Crippen molar-refractivity contribution in [3.8, 4) is 0 Å². The third kappa shape index (κ3) is 3.52. The molecule has 1 fully saturated rings. The molecule has 4 atom stereocenters. The summed E-state index contributed by atoms with van der Waals surface area (Å²) in [5.74, 6) is 0. The Bertz CT molecular complexity index is 187. The molecule has 84 valence electrons. The number of hydrogen-bond donors (Lipinski definition) is 0. The average Bonchev–Trinajstić information content (AvgIpc) is 2.47. The topological polar surface area (TPSA) is 0 Å². The lowest BCUT2D eigenvalue weighted by molar-refractivity contribution is 1.35. The van der Waals surface area contributed by atoms with Crippen molar-refractivity contribution in [3.05, 3.63) is 0 Å². The number of rotatable bonds is 4. The maximum atomic E-state index is 2.90. The monoisotopic (exact) mass is 308 g/mol. The molecule has 0 saturated carbocycles. The minimum Gasteiger partial charge on any atom is -0.0769 e. The molecule has 1 heterocycles. The van der Waals surface area contributed by atoms with Gasteiger partial charge in [-0.2, -0.15) is 0 Å². The Hall–Kier alpha value is 1.52. The molecule has 0 aromatic heterocycles. The Kier molecular flexibility index (Phi) is 5.56. The summed E-state index contributed by atoms with van der Waals surface area (Å²) in [5, 5.41) is 1.43. The van der Waals surface area contributed by atoms with Crippen LogP contribution in [0.1, 0.15) is 0 Å². The Morgan fingerprint density at radius 1 is 1.57 bits per heavy atom. The minimum atomic E-state index is -0.323. The maximum Gasteiger partial charge on any atom is 0.0192 e. The van der Waals surface area contributed by atoms with Crippen molar-refractivity contribution in [1.29, 1.82) is 0 Å². The molecule has 0 radical (unpaired) electrons. The van der Waals surface area contributed by atoms with Crippen LogP contribution in [0.2, 0.25) is 43.1 Å². The van der Waals surface area contributed by atoms with Gasteiger partial charge in [-0.25, -0.2) is 0 Å². The summed E-state index contributed by atoms with van der Waals surface area (Å²) >= 11 is 0. The summed E-state index contributed by atoms with van der Waals surface area (Å²) in [6.45, 7) is 10.7. The van der Waals surface area contributed by atoms with Crippen LogP contribution >= 0.6 is 0 Å². The summed E-state index contributed by atoms with van der Waals surface area (Å²) < 4.78 is 0. The quantitative estimate of drug-likeness (QED) is 0.526. The Morgan fingerprint density at radius 3 is 2.64 bits per heavy atom. The summed E-state index contributed by atoms with van der Waals surface area (Å²) in [5.41, 5.74) is 1.92. The van der Waals surface area contributed by atoms with Crippen molar-refractivity contribution in [1.82, 2.24) is 0 Å². The maximum absolute atomic E-state index is 2.90. The van der Waals surface area contributed by atoms with Gasteiger partial charge in [-0.05, 0) is 0 Å². The molecule has 0 bridgehead atoms. The molecule has 0 amide bonds. The highest BCUT2D eigenvalue weighted by molar-refractivity contribution is 7.75. The van der Waals surface area contributed by atoms with Crippen LogP contribution in [-0.2, 0) is 0 Å². The lowest BCUT2D eigenvalue weighted by Crippen LogP contribution is -2.56. The van der Waals surface area contributed by atoms with Gasteiger partial charge in [-0.3, -0.25) is 0 Å². The zero-order valence-electron chi connectivity index (χ0n) is 10.8. The molecular formula is C7H28Si7. The normalized spacial score (nSPS) is 41.6. The molecule has 1 saturated heterocycles. The zero-order chi connectivity index (χ0) is 10.8. The predicted molar refractivity (Wildman–Crippen MR) is 92.4 cm³/mol. The van der Waals surface area contributed by atoms with E-state index in [1.807, 2.05) is 11.7 Å². The van der Waals surface area contributed by atoms with E-state index >= 15 is 0 Å². The molecule has 7 heteroatoms. The van der Waals surface area contributed by atoms with Crippen LogP contribution < -0.4 is 0 Å². The second-order valence-corrected chi connectivity index (χ2v) is 56.4. The standard InChI is InChI=1S/C7H28Si7/c1-9-12(2)6-13(3)14(4)10-5-7(8)11-14/h7,12-13H,5-6,9-11H2,1-4,8H3. The van der Waals surface area contributed by atoms with Crippen molar-refractivity contribution < 1.29 is 0 Å². The molecule has 1 aliphatic heterocycles. The fourth-order valence-electron chi connectivity index (χ4n) is 3.08. The summed E-state index contributed by atoms with van der Waals surface area (Å²) in [7, 11) is 2.99. The second kappa shape index (κ2) is 5.73. The molecule has 0 aliphatic carbocycles. The van der Waals surface area contributed by atoms with Crippen molar-refractivity contribution in [2.75, 3.05) is 0 Å². The molecule has 4 unspecified atom stereocenters. The van der Waals surface area contributed by atoms with E-state index in [1.54, 1.807) is 10.2 Å². The van der Waals surface area contributed by atoms with Gasteiger partial charge in [0.2, 0.25) is 0 Å². The summed E-state index contributed by atoms with van der Waals surface area (Å²) in [6, 6.07) is 1.85. The average molecular weight is 309 g/mol. The van der Waals surface area contributed by atoms with Gasteiger partial charge in [0.05, 0.1) is 0 Å². The zero-order valence-corrected chi connectivity index (χ0v) is 20.3. The SMILES string of the molecule is C[SiH2][SiH](C)C[SiH](C)[Si]1(C)[SiH2]CC([SiH3])[SiH2]1. The van der Waals surface area contributed by atoms with Crippen LogP contribution in [0.5, 0.6) is 0 Å². The van der Waals surface area contributed by atoms with Crippen molar-refractivity contribution in [2.24, 2.45) is 0 Å². The lowest BCUT2D eigenvalue weighted by atomic mass is 10.9. The molecule has 0 aromatic rings. The highest BCUT2D eigenvalue weighted by atomic mass is 29.9. The first-order valence-corrected chi connectivity index (χ1v) is 27.0. The second-order valence-electron chi connectivity index (χ2n) is 6.15. The van der Waals surface area contributed by atoms with Gasteiger partial charge in [-0.1, -0.05) is 43.1 Å². The van der Waals surface area contributed by atoms with Crippen LogP contribution in [0.4, 0.5) is 0 Å². The van der Waals surface area contributed by atoms with E-state index in [2.05, 4.69) is 26.2 Å². The first-order chi connectivity index (χ1) is 6.48. The van der Waals surface area contributed by atoms with Gasteiger partial charge < -0.3 is 0 Å². The van der Waals surface area contributed by atoms with Gasteiger partial charge in [0.1, 0.15) is 0 Å². The third-order valence-corrected chi connectivity index (χ3v) is 73.8. The smallest absolute Gasteiger partial charge is 0.0192 e. The van der Waals surface area contributed by atoms with Crippen LogP contribution in [-0.4, -0.2) is 60.6 Å². The van der Waals surface area contributed by atoms with Crippen LogP contribution in [0.25, 0.3) is 0 Å². The fraction of sp³-hybridized carbons (Fsp3) is 1.00. The van der Waals surface area contributed by atoms with Crippen LogP contribution in [0.15, 0.2) is 0 Å². The molecule has 0 spiro atoms. The summed E-state index contributed by atoms with van der Waals surface area (Å²) in [6.07, 6.45) is 0. The van der Waals surface area contributed by atoms with Crippen molar-refractivity contribution >= 4 is 60.6 Å². The van der Waals surface area contributed by atoms with Gasteiger partial charge in [0.15, 0.2) is 0 Å². The molecule has 1 rings (SSSR count). The van der Waals surface area contributed by atoms with Gasteiger partial charge in [0.25, 0.3) is 0 Å². The molecule has 0 aromatic carbocycles. The predicted octanol–water partition coefficient (Wildman–Crippen LogP) is -2.02. The van der Waals surface area contributed by atoms with Gasteiger partial charge in [-0.15, -0.1) is 0 Å². The van der Waals surface area contributed by atoms with Crippen molar-refractivity contribution in [3.63, 3.8) is 0 Å². The van der Waals surface area contributed by atoms with E-state index in [0.717, 1.165) is 0 Å². The molecule has 0 N–H and O–H groups in total. The third-order valence-electron chi connectivity index (χ3n) is 4.67. The molecule has 1 aliphatic rings. The van der Waals surface area contributed by atoms with Gasteiger partial charge >= 0.3 is 0 Å². The Morgan fingerprint density at radius 2 is 2.21 bits per heavy atom. The van der Waals surface area contributed by atoms with E-state index in [1.165, 1.54) is 5.16 Å². The van der Waals surface area contributed by atoms with Gasteiger partial charge in [0, 0.05) is 60.6 Å². The summed E-state index contributed by atoms with van der Waals surface area (Å²) in [4.78, 5) is 0. The Labute approximate surface area is 103 Å². The highest BCUT2D eigenvalue weighted by Gasteiger charge is 2.40. The highest BCUT2D eigenvalue weighted by Crippen LogP contribution is 2.25. The Balaban J connectivity index is 2.47. The van der Waals surface area contributed by atoms with E-state index in [9.17, 15) is 0 Å².